The lowest BCUT2D eigenvalue weighted by Gasteiger charge is -2.18. The number of rotatable bonds is 4. The highest BCUT2D eigenvalue weighted by Crippen LogP contribution is 2.44. The summed E-state index contributed by atoms with van der Waals surface area (Å²) in [5.74, 6) is 0. The highest BCUT2D eigenvalue weighted by atomic mass is 32.2. The van der Waals surface area contributed by atoms with Crippen LogP contribution in [0.25, 0.3) is 32.3 Å². The zero-order chi connectivity index (χ0) is 24.1. The van der Waals surface area contributed by atoms with Crippen LogP contribution in [0.5, 0.6) is 0 Å². The van der Waals surface area contributed by atoms with Crippen LogP contribution >= 0.6 is 0 Å². The molecule has 7 N–H and O–H groups in total. The van der Waals surface area contributed by atoms with Gasteiger partial charge >= 0.3 is 0 Å². The van der Waals surface area contributed by atoms with Gasteiger partial charge in [-0.25, -0.2) is 0 Å². The molecule has 0 aliphatic heterocycles. The summed E-state index contributed by atoms with van der Waals surface area (Å²) in [7, 11) is -16.2. The van der Waals surface area contributed by atoms with Crippen molar-refractivity contribution in [3.8, 4) is 0 Å². The van der Waals surface area contributed by atoms with Crippen molar-refractivity contribution in [2.24, 2.45) is 11.5 Å². The molecule has 14 heteroatoms. The van der Waals surface area contributed by atoms with Gasteiger partial charge in [0.25, 0.3) is 30.4 Å². The van der Waals surface area contributed by atoms with E-state index in [2.05, 4.69) is 0 Å². The summed E-state index contributed by atoms with van der Waals surface area (Å²) in [5.41, 5.74) is 9.81. The fourth-order valence-corrected chi connectivity index (χ4v) is 7.14. The first-order chi connectivity index (χ1) is 14.7. The lowest BCUT2D eigenvalue weighted by atomic mass is 9.94. The third-order valence-electron chi connectivity index (χ3n) is 4.62. The Morgan fingerprint density at radius 3 is 1.25 bits per heavy atom. The fourth-order valence-electron chi connectivity index (χ4n) is 3.56. The van der Waals surface area contributed by atoms with Crippen molar-refractivity contribution in [1.82, 2.24) is 0 Å². The van der Waals surface area contributed by atoms with Crippen molar-refractivity contribution in [1.29, 1.82) is 0 Å². The van der Waals surface area contributed by atoms with Gasteiger partial charge in [0.05, 0.1) is 0 Å². The smallest absolute Gasteiger partial charge is 0.297 e. The Kier molecular flexibility index (Phi) is 6.18. The van der Waals surface area contributed by atoms with Crippen LogP contribution in [0, 0.1) is 0 Å². The summed E-state index contributed by atoms with van der Waals surface area (Å²) >= 11 is 0. The van der Waals surface area contributed by atoms with E-state index in [1.807, 2.05) is 0 Å². The number of nitrogens with two attached hydrogens (primary N) is 2. The minimum Gasteiger partial charge on any atom is -0.329 e. The lowest BCUT2D eigenvalue weighted by molar-refractivity contribution is 0.458. The van der Waals surface area contributed by atoms with Crippen LogP contribution in [0.15, 0.2) is 57.2 Å². The molecule has 0 unspecified atom stereocenters. The molecule has 4 rings (SSSR count). The molecule has 4 aromatic carbocycles. The lowest BCUT2D eigenvalue weighted by Crippen LogP contribution is -2.16. The quantitative estimate of drug-likeness (QED) is 0.197. The maximum Gasteiger partial charge on any atom is 0.297 e. The van der Waals surface area contributed by atoms with Crippen molar-refractivity contribution in [2.45, 2.75) is 14.7 Å². The highest BCUT2D eigenvalue weighted by molar-refractivity contribution is 7.90. The van der Waals surface area contributed by atoms with Crippen LogP contribution in [0.4, 0.5) is 0 Å². The zero-order valence-electron chi connectivity index (χ0n) is 16.1. The van der Waals surface area contributed by atoms with Crippen LogP contribution in [-0.4, -0.2) is 52.0 Å². The second kappa shape index (κ2) is 8.17. The Balaban J connectivity index is 0.000000668. The first kappa shape index (κ1) is 24.2. The molecule has 0 aliphatic carbocycles. The molecule has 0 radical (unpaired) electrons. The second-order valence-electron chi connectivity index (χ2n) is 6.67. The molecule has 0 amide bonds. The van der Waals surface area contributed by atoms with Crippen LogP contribution in [-0.2, 0) is 30.4 Å². The molecule has 32 heavy (non-hydrogen) atoms. The van der Waals surface area contributed by atoms with Gasteiger partial charge < -0.3 is 11.5 Å². The van der Waals surface area contributed by atoms with Gasteiger partial charge in [-0.2, -0.15) is 25.3 Å². The van der Waals surface area contributed by atoms with Gasteiger partial charge in [-0.05, 0) is 16.2 Å². The molecule has 172 valence electrons. The summed E-state index contributed by atoms with van der Waals surface area (Å²) in [6, 6.07) is 10.3. The standard InChI is InChI=1S/C16H10O9S3.C2H8N2/c17-26(18,19)14-10-6-4-8-2-1-3-9-5-7-11(13(10)12(8)9)15(27(20,21)22)16(14)28(23,24)25;3-1-2-4/h1-7H,(H,17,18,19)(H,20,21,22)(H,23,24,25);1-4H2. The van der Waals surface area contributed by atoms with Gasteiger partial charge in [-0.3, -0.25) is 13.7 Å². The maximum absolute atomic E-state index is 12.0. The highest BCUT2D eigenvalue weighted by Gasteiger charge is 2.37. The van der Waals surface area contributed by atoms with E-state index in [0.29, 0.717) is 29.2 Å². The average Bonchev–Trinajstić information content (AvgIpc) is 2.68. The molecule has 0 fully saturated rings. The van der Waals surface area contributed by atoms with Crippen molar-refractivity contribution >= 4 is 62.7 Å². The van der Waals surface area contributed by atoms with Crippen LogP contribution < -0.4 is 11.5 Å². The third kappa shape index (κ3) is 4.14. The Morgan fingerprint density at radius 1 is 0.562 bits per heavy atom. The van der Waals surface area contributed by atoms with Crippen LogP contribution in [0.1, 0.15) is 0 Å². The summed E-state index contributed by atoms with van der Waals surface area (Å²) < 4.78 is 101. The van der Waals surface area contributed by atoms with E-state index in [1.165, 1.54) is 24.3 Å². The van der Waals surface area contributed by atoms with E-state index < -0.39 is 45.0 Å². The molecule has 0 heterocycles. The average molecular weight is 503 g/mol. The van der Waals surface area contributed by atoms with Gasteiger partial charge in [-0.1, -0.05) is 42.5 Å². The summed E-state index contributed by atoms with van der Waals surface area (Å²) in [6.45, 7) is 1.19. The summed E-state index contributed by atoms with van der Waals surface area (Å²) in [4.78, 5) is -4.26. The third-order valence-corrected chi connectivity index (χ3v) is 7.68. The second-order valence-corrected chi connectivity index (χ2v) is 10.7. The van der Waals surface area contributed by atoms with Crippen molar-refractivity contribution in [2.75, 3.05) is 13.1 Å². The van der Waals surface area contributed by atoms with Gasteiger partial charge in [0.1, 0.15) is 14.7 Å². The molecule has 11 nitrogen and oxygen atoms in total. The minimum absolute atomic E-state index is 0.00301. The molecule has 0 spiro atoms. The van der Waals surface area contributed by atoms with Crippen LogP contribution in [0.3, 0.4) is 0 Å². The molecule has 4 aromatic rings. The number of hydrogen-bond acceptors (Lipinski definition) is 8. The van der Waals surface area contributed by atoms with E-state index in [4.69, 9.17) is 11.5 Å². The Morgan fingerprint density at radius 2 is 0.938 bits per heavy atom. The first-order valence-corrected chi connectivity index (χ1v) is 13.1. The molecule has 0 aromatic heterocycles. The fraction of sp³-hybridized carbons (Fsp3) is 0.111. The Hall–Kier alpha value is -2.43. The van der Waals surface area contributed by atoms with Crippen molar-refractivity contribution < 1.29 is 38.9 Å². The SMILES string of the molecule is NCCN.O=S(=O)(O)c1c(S(=O)(=O)O)c2ccc3cccc4ccc(c1S(=O)(=O)O)c2c34. The predicted molar refractivity (Wildman–Crippen MR) is 118 cm³/mol. The monoisotopic (exact) mass is 502 g/mol. The molecule has 0 saturated carbocycles. The van der Waals surface area contributed by atoms with Crippen molar-refractivity contribution in [3.05, 3.63) is 42.5 Å². The largest absolute Gasteiger partial charge is 0.329 e. The topological polar surface area (TPSA) is 215 Å². The molecular weight excluding hydrogens is 484 g/mol. The van der Waals surface area contributed by atoms with E-state index in [-0.39, 0.29) is 16.2 Å². The van der Waals surface area contributed by atoms with Crippen LogP contribution in [0.2, 0.25) is 0 Å². The van der Waals surface area contributed by atoms with E-state index in [0.717, 1.165) is 0 Å². The molecule has 0 bridgehead atoms. The molecule has 0 atom stereocenters. The molecule has 0 saturated heterocycles. The van der Waals surface area contributed by atoms with Gasteiger partial charge in [-0.15, -0.1) is 0 Å². The number of hydrogen-bond donors (Lipinski definition) is 5. The number of benzene rings is 4. The minimum atomic E-state index is -5.50. The maximum atomic E-state index is 12.0. The van der Waals surface area contributed by atoms with Crippen molar-refractivity contribution in [3.63, 3.8) is 0 Å². The predicted octanol–water partition coefficient (Wildman–Crippen LogP) is 1.23. The van der Waals surface area contributed by atoms with Gasteiger partial charge in [0.2, 0.25) is 0 Å². The molecular formula is C18H18N2O9S3. The van der Waals surface area contributed by atoms with E-state index in [9.17, 15) is 38.9 Å². The first-order valence-electron chi connectivity index (χ1n) is 8.79. The Labute approximate surface area is 183 Å². The normalized spacial score (nSPS) is 12.9. The summed E-state index contributed by atoms with van der Waals surface area (Å²) in [6.07, 6.45) is 0. The van der Waals surface area contributed by atoms with Gasteiger partial charge in [0.15, 0.2) is 0 Å². The van der Waals surface area contributed by atoms with E-state index >= 15 is 0 Å². The van der Waals surface area contributed by atoms with E-state index in [1.54, 1.807) is 18.2 Å². The Bertz CT molecular complexity index is 1560. The zero-order valence-corrected chi connectivity index (χ0v) is 18.6. The van der Waals surface area contributed by atoms with Gasteiger partial charge in [0, 0.05) is 29.2 Å². The molecule has 0 aliphatic rings. The summed E-state index contributed by atoms with van der Waals surface area (Å²) in [5, 5.41) is 0.927.